The molecule has 9 nitrogen and oxygen atoms in total. The Labute approximate surface area is 216 Å². The zero-order valence-corrected chi connectivity index (χ0v) is 21.8. The van der Waals surface area contributed by atoms with Crippen LogP contribution in [-0.4, -0.2) is 44.9 Å². The van der Waals surface area contributed by atoms with Gasteiger partial charge in [-0.05, 0) is 61.9 Å². The molecule has 1 amide bonds. The summed E-state index contributed by atoms with van der Waals surface area (Å²) in [6, 6.07) is 19.8. The van der Waals surface area contributed by atoms with E-state index in [1.165, 1.54) is 36.4 Å². The van der Waals surface area contributed by atoms with E-state index < -0.39 is 37.2 Å². The van der Waals surface area contributed by atoms with Crippen LogP contribution in [0.5, 0.6) is 11.5 Å². The van der Waals surface area contributed by atoms with Gasteiger partial charge in [0.15, 0.2) is 0 Å². The quantitative estimate of drug-likeness (QED) is 0.295. The zero-order valence-electron chi connectivity index (χ0n) is 19.2. The summed E-state index contributed by atoms with van der Waals surface area (Å²) in [6.45, 7) is 1.81. The molecule has 0 unspecified atom stereocenters. The molecule has 3 aromatic rings. The number of hydrogen-bond acceptors (Lipinski definition) is 7. The maximum Gasteiger partial charge on any atom is 0.257 e. The van der Waals surface area contributed by atoms with Crippen molar-refractivity contribution < 1.29 is 26.4 Å². The molecule has 1 fully saturated rings. The molecule has 0 aromatic heterocycles. The lowest BCUT2D eigenvalue weighted by atomic mass is 10.2. The van der Waals surface area contributed by atoms with Gasteiger partial charge < -0.3 is 4.74 Å². The second-order valence-electron chi connectivity index (χ2n) is 8.27. The number of aryl methyl sites for hydroxylation is 1. The third kappa shape index (κ3) is 5.90. The van der Waals surface area contributed by atoms with Crippen molar-refractivity contribution in [2.75, 3.05) is 6.54 Å². The molecular weight excluding hydrogens is 522 g/mol. The summed E-state index contributed by atoms with van der Waals surface area (Å²) in [7, 11) is -8.11. The number of rotatable bonds is 8. The van der Waals surface area contributed by atoms with E-state index in [0.29, 0.717) is 11.5 Å². The van der Waals surface area contributed by atoms with Crippen molar-refractivity contribution in [1.29, 1.82) is 0 Å². The molecule has 1 heterocycles. The lowest BCUT2D eigenvalue weighted by Gasteiger charge is -2.23. The Morgan fingerprint density at radius 3 is 2.11 bits per heavy atom. The van der Waals surface area contributed by atoms with E-state index in [1.54, 1.807) is 24.3 Å². The highest BCUT2D eigenvalue weighted by atomic mass is 32.2. The summed E-state index contributed by atoms with van der Waals surface area (Å²) < 4.78 is 58.5. The standard InChI is InChI=1S/C24H25N3O6S3/c1-17-7-11-21(12-8-17)35(29,30)26-25-24(28)23-15-20(34)16-27(23)36(31,32)22-13-9-19(10-14-22)33-18-5-3-2-4-6-18/h2-14,20,23,26,34H,15-16H2,1H3,(H,25,28)/t20-,23+/m1/s1. The van der Waals surface area contributed by atoms with Crippen LogP contribution in [0.15, 0.2) is 88.7 Å². The first kappa shape index (κ1) is 26.2. The monoisotopic (exact) mass is 547 g/mol. The van der Waals surface area contributed by atoms with Gasteiger partial charge in [-0.1, -0.05) is 35.9 Å². The van der Waals surface area contributed by atoms with Crippen molar-refractivity contribution in [1.82, 2.24) is 14.6 Å². The number of nitrogens with zero attached hydrogens (tertiary/aromatic N) is 1. The first-order valence-electron chi connectivity index (χ1n) is 11.0. The topological polar surface area (TPSA) is 122 Å². The summed E-state index contributed by atoms with van der Waals surface area (Å²) in [6.07, 6.45) is 0.121. The van der Waals surface area contributed by atoms with Crippen LogP contribution in [0.3, 0.4) is 0 Å². The average Bonchev–Trinajstić information content (AvgIpc) is 3.26. The van der Waals surface area contributed by atoms with E-state index >= 15 is 0 Å². The average molecular weight is 548 g/mol. The number of hydrazine groups is 1. The Morgan fingerprint density at radius 1 is 0.889 bits per heavy atom. The fourth-order valence-corrected chi connectivity index (χ4v) is 6.68. The molecule has 0 saturated carbocycles. The van der Waals surface area contributed by atoms with Crippen molar-refractivity contribution in [3.05, 3.63) is 84.4 Å². The summed E-state index contributed by atoms with van der Waals surface area (Å²) in [5, 5.41) is -0.398. The van der Waals surface area contributed by atoms with Gasteiger partial charge in [0.1, 0.15) is 17.5 Å². The van der Waals surface area contributed by atoms with Gasteiger partial charge in [0.25, 0.3) is 15.9 Å². The van der Waals surface area contributed by atoms with Crippen LogP contribution in [-0.2, 0) is 24.8 Å². The Hall–Kier alpha value is -2.90. The molecule has 1 aliphatic rings. The SMILES string of the molecule is Cc1ccc(S(=O)(=O)NNC(=O)[C@@H]2C[C@@H](S)CN2S(=O)(=O)c2ccc(Oc3ccccc3)cc2)cc1. The minimum Gasteiger partial charge on any atom is -0.457 e. The second-order valence-corrected chi connectivity index (χ2v) is 12.6. The van der Waals surface area contributed by atoms with E-state index in [0.717, 1.165) is 9.87 Å². The van der Waals surface area contributed by atoms with Crippen molar-refractivity contribution >= 4 is 38.6 Å². The van der Waals surface area contributed by atoms with E-state index in [9.17, 15) is 21.6 Å². The highest BCUT2D eigenvalue weighted by molar-refractivity contribution is 7.89. The molecule has 3 aromatic carbocycles. The van der Waals surface area contributed by atoms with E-state index in [-0.39, 0.29) is 22.8 Å². The molecule has 4 rings (SSSR count). The first-order chi connectivity index (χ1) is 17.1. The number of ether oxygens (including phenoxy) is 1. The van der Waals surface area contributed by atoms with E-state index in [1.807, 2.05) is 30.0 Å². The Balaban J connectivity index is 1.47. The number of benzene rings is 3. The summed E-state index contributed by atoms with van der Waals surface area (Å²) in [5.41, 5.74) is 3.03. The van der Waals surface area contributed by atoms with Gasteiger partial charge in [0, 0.05) is 11.8 Å². The number of carbonyl (C=O) groups is 1. The van der Waals surface area contributed by atoms with Gasteiger partial charge in [-0.3, -0.25) is 10.2 Å². The molecule has 2 atom stereocenters. The van der Waals surface area contributed by atoms with Crippen molar-refractivity contribution in [2.24, 2.45) is 0 Å². The lowest BCUT2D eigenvalue weighted by Crippen LogP contribution is -2.51. The molecule has 0 radical (unpaired) electrons. The predicted octanol–water partition coefficient (Wildman–Crippen LogP) is 2.86. The van der Waals surface area contributed by atoms with Crippen LogP contribution in [0.2, 0.25) is 0 Å². The number of nitrogens with one attached hydrogen (secondary N) is 2. The normalized spacial score (nSPS) is 18.6. The fraction of sp³-hybridized carbons (Fsp3) is 0.208. The predicted molar refractivity (Wildman–Crippen MR) is 138 cm³/mol. The number of thiol groups is 1. The highest BCUT2D eigenvalue weighted by Crippen LogP contribution is 2.30. The third-order valence-electron chi connectivity index (χ3n) is 5.59. The van der Waals surface area contributed by atoms with Crippen LogP contribution in [0, 0.1) is 6.92 Å². The van der Waals surface area contributed by atoms with Crippen molar-refractivity contribution in [3.8, 4) is 11.5 Å². The summed E-state index contributed by atoms with van der Waals surface area (Å²) in [5.74, 6) is 0.263. The van der Waals surface area contributed by atoms with Crippen LogP contribution >= 0.6 is 12.6 Å². The highest BCUT2D eigenvalue weighted by Gasteiger charge is 2.43. The lowest BCUT2D eigenvalue weighted by molar-refractivity contribution is -0.124. The van der Waals surface area contributed by atoms with Crippen LogP contribution in [0.4, 0.5) is 0 Å². The van der Waals surface area contributed by atoms with Crippen LogP contribution in [0.1, 0.15) is 12.0 Å². The number of amides is 1. The molecule has 0 spiro atoms. The van der Waals surface area contributed by atoms with E-state index in [2.05, 4.69) is 18.1 Å². The number of hydrogen-bond donors (Lipinski definition) is 3. The minimum atomic E-state index is -4.08. The van der Waals surface area contributed by atoms with Gasteiger partial charge in [-0.2, -0.15) is 16.9 Å². The molecule has 12 heteroatoms. The molecule has 0 aliphatic carbocycles. The molecule has 36 heavy (non-hydrogen) atoms. The Kier molecular flexibility index (Phi) is 7.71. The number of para-hydroxylation sites is 1. The van der Waals surface area contributed by atoms with Gasteiger partial charge >= 0.3 is 0 Å². The molecule has 0 bridgehead atoms. The van der Waals surface area contributed by atoms with Gasteiger partial charge in [-0.15, -0.1) is 4.83 Å². The second kappa shape index (κ2) is 10.6. The van der Waals surface area contributed by atoms with Crippen LogP contribution in [0.25, 0.3) is 0 Å². The van der Waals surface area contributed by atoms with Gasteiger partial charge in [0.05, 0.1) is 9.79 Å². The third-order valence-corrected chi connectivity index (χ3v) is 9.11. The molecule has 2 N–H and O–H groups in total. The Morgan fingerprint density at radius 2 is 1.47 bits per heavy atom. The van der Waals surface area contributed by atoms with Crippen LogP contribution < -0.4 is 15.0 Å². The summed E-state index contributed by atoms with van der Waals surface area (Å²) >= 11 is 4.37. The molecule has 1 aliphatic heterocycles. The molecular formula is C24H25N3O6S3. The summed E-state index contributed by atoms with van der Waals surface area (Å²) in [4.78, 5) is 14.9. The van der Waals surface area contributed by atoms with Gasteiger partial charge in [-0.25, -0.2) is 16.8 Å². The zero-order chi connectivity index (χ0) is 25.9. The number of carbonyl (C=O) groups excluding carboxylic acids is 1. The van der Waals surface area contributed by atoms with Gasteiger partial charge in [0.2, 0.25) is 10.0 Å². The largest absolute Gasteiger partial charge is 0.457 e. The molecule has 190 valence electrons. The van der Waals surface area contributed by atoms with Crippen molar-refractivity contribution in [3.63, 3.8) is 0 Å². The molecule has 1 saturated heterocycles. The minimum absolute atomic E-state index is 0.00346. The fourth-order valence-electron chi connectivity index (χ4n) is 3.71. The Bertz CT molecular complexity index is 1430. The number of sulfonamides is 2. The first-order valence-corrected chi connectivity index (χ1v) is 14.4. The van der Waals surface area contributed by atoms with Crippen molar-refractivity contribution in [2.45, 2.75) is 34.4 Å². The maximum absolute atomic E-state index is 13.4. The smallest absolute Gasteiger partial charge is 0.257 e. The van der Waals surface area contributed by atoms with E-state index in [4.69, 9.17) is 4.74 Å². The maximum atomic E-state index is 13.4.